The Morgan fingerprint density at radius 2 is 1.25 bits per heavy atom. The van der Waals surface area contributed by atoms with Crippen LogP contribution in [0.5, 0.6) is 0 Å². The summed E-state index contributed by atoms with van der Waals surface area (Å²) in [5.41, 5.74) is 2.39. The normalized spacial score (nSPS) is 9.75. The Morgan fingerprint density at radius 1 is 0.812 bits per heavy atom. The van der Waals surface area contributed by atoms with E-state index < -0.39 is 0 Å². The van der Waals surface area contributed by atoms with Crippen molar-refractivity contribution >= 4 is 23.9 Å². The predicted octanol–water partition coefficient (Wildman–Crippen LogP) is 1.49. The van der Waals surface area contributed by atoms with Crippen molar-refractivity contribution < 1.29 is 4.79 Å². The van der Waals surface area contributed by atoms with E-state index in [4.69, 9.17) is 0 Å². The Kier molecular flexibility index (Phi) is 3.55. The first-order chi connectivity index (χ1) is 7.92. The molecular weight excluding hydrogens is 195 g/mol. The molecule has 2 heteroatoms. The first-order valence-corrected chi connectivity index (χ1v) is 5.45. The van der Waals surface area contributed by atoms with Crippen molar-refractivity contribution in [2.24, 2.45) is 0 Å². The van der Waals surface area contributed by atoms with Crippen molar-refractivity contribution in [1.82, 2.24) is 0 Å². The molecule has 0 heterocycles. The van der Waals surface area contributed by atoms with Gasteiger partial charge in [0, 0.05) is 0 Å². The van der Waals surface area contributed by atoms with Gasteiger partial charge in [-0.2, -0.15) is 0 Å². The lowest BCUT2D eigenvalue weighted by atomic mass is 9.39. The van der Waals surface area contributed by atoms with E-state index in [0.717, 1.165) is 6.29 Å². The highest BCUT2D eigenvalue weighted by Crippen LogP contribution is 1.96. The van der Waals surface area contributed by atoms with E-state index in [1.54, 1.807) is 0 Å². The van der Waals surface area contributed by atoms with Crippen LogP contribution < -0.4 is 10.9 Å². The smallest absolute Gasteiger partial charge is 0.216 e. The van der Waals surface area contributed by atoms with Crippen molar-refractivity contribution in [2.75, 3.05) is 0 Å². The van der Waals surface area contributed by atoms with Crippen molar-refractivity contribution in [3.63, 3.8) is 0 Å². The molecule has 0 bridgehead atoms. The Labute approximate surface area is 96.2 Å². The molecule has 0 N–H and O–H groups in total. The fourth-order valence-corrected chi connectivity index (χ4v) is 1.93. The summed E-state index contributed by atoms with van der Waals surface area (Å²) in [5, 5.41) is 0. The van der Waals surface area contributed by atoms with E-state index >= 15 is 0 Å². The standard InChI is InChI=1S/C14H13BO/c16-12-11-15(13-7-3-1-4-8-13)14-9-5-2-6-10-14/h1-10,12H,11H2. The average molecular weight is 208 g/mol. The van der Waals surface area contributed by atoms with Crippen LogP contribution in [0, 0.1) is 0 Å². The van der Waals surface area contributed by atoms with Crippen LogP contribution in [0.25, 0.3) is 0 Å². The van der Waals surface area contributed by atoms with E-state index in [-0.39, 0.29) is 6.71 Å². The van der Waals surface area contributed by atoms with Crippen molar-refractivity contribution in [1.29, 1.82) is 0 Å². The number of hydrogen-bond donors (Lipinski definition) is 0. The molecule has 78 valence electrons. The molecule has 0 aliphatic heterocycles. The summed E-state index contributed by atoms with van der Waals surface area (Å²) < 4.78 is 0. The number of carbonyl (C=O) groups excluding carboxylic acids is 1. The van der Waals surface area contributed by atoms with Crippen LogP contribution >= 0.6 is 0 Å². The van der Waals surface area contributed by atoms with Gasteiger partial charge in [0.2, 0.25) is 6.71 Å². The highest BCUT2D eigenvalue weighted by atomic mass is 16.1. The van der Waals surface area contributed by atoms with Crippen LogP contribution in [0.3, 0.4) is 0 Å². The van der Waals surface area contributed by atoms with Gasteiger partial charge in [-0.05, 0) is 6.32 Å². The van der Waals surface area contributed by atoms with Crippen LogP contribution in [0.15, 0.2) is 60.7 Å². The zero-order valence-electron chi connectivity index (χ0n) is 9.04. The molecule has 0 unspecified atom stereocenters. The zero-order valence-corrected chi connectivity index (χ0v) is 9.04. The second-order valence-corrected chi connectivity index (χ2v) is 3.78. The Morgan fingerprint density at radius 3 is 1.62 bits per heavy atom. The summed E-state index contributed by atoms with van der Waals surface area (Å²) in [6.45, 7) is 0.180. The fourth-order valence-electron chi connectivity index (χ4n) is 1.93. The third-order valence-corrected chi connectivity index (χ3v) is 2.74. The molecule has 1 nitrogen and oxygen atoms in total. The van der Waals surface area contributed by atoms with Gasteiger partial charge in [0.25, 0.3) is 0 Å². The molecule has 2 rings (SSSR count). The maximum Gasteiger partial charge on any atom is 0.216 e. The van der Waals surface area contributed by atoms with Crippen LogP contribution in [-0.2, 0) is 4.79 Å². The van der Waals surface area contributed by atoms with Crippen molar-refractivity contribution in [3.8, 4) is 0 Å². The van der Waals surface area contributed by atoms with Gasteiger partial charge in [0.05, 0.1) is 0 Å². The first-order valence-electron chi connectivity index (χ1n) is 5.45. The first kappa shape index (κ1) is 10.7. The molecule has 0 fully saturated rings. The highest BCUT2D eigenvalue weighted by Gasteiger charge is 2.17. The number of carbonyl (C=O) groups is 1. The molecule has 16 heavy (non-hydrogen) atoms. The van der Waals surface area contributed by atoms with E-state index in [1.165, 1.54) is 10.9 Å². The largest absolute Gasteiger partial charge is 0.304 e. The third kappa shape index (κ3) is 2.40. The highest BCUT2D eigenvalue weighted by molar-refractivity contribution is 6.86. The van der Waals surface area contributed by atoms with Crippen LogP contribution in [-0.4, -0.2) is 13.0 Å². The predicted molar refractivity (Wildman–Crippen MR) is 68.8 cm³/mol. The third-order valence-electron chi connectivity index (χ3n) is 2.74. The average Bonchev–Trinajstić information content (AvgIpc) is 2.38. The lowest BCUT2D eigenvalue weighted by Crippen LogP contribution is -2.42. The summed E-state index contributed by atoms with van der Waals surface area (Å²) in [6.07, 6.45) is 1.53. The van der Waals surface area contributed by atoms with Crippen molar-refractivity contribution in [3.05, 3.63) is 60.7 Å². The van der Waals surface area contributed by atoms with E-state index in [1.807, 2.05) is 36.4 Å². The number of rotatable bonds is 4. The Bertz CT molecular complexity index is 399. The fraction of sp³-hybridized carbons (Fsp3) is 0.0714. The molecule has 2 aromatic carbocycles. The quantitative estimate of drug-likeness (QED) is 0.549. The monoisotopic (exact) mass is 208 g/mol. The zero-order chi connectivity index (χ0) is 11.2. The number of aldehydes is 1. The minimum atomic E-state index is 0.180. The van der Waals surface area contributed by atoms with Gasteiger partial charge in [-0.3, -0.25) is 0 Å². The van der Waals surface area contributed by atoms with Gasteiger partial charge >= 0.3 is 0 Å². The van der Waals surface area contributed by atoms with Gasteiger partial charge in [-0.25, -0.2) is 0 Å². The molecular formula is C14H13BO. The van der Waals surface area contributed by atoms with Crippen LogP contribution in [0.2, 0.25) is 6.32 Å². The topological polar surface area (TPSA) is 17.1 Å². The Hall–Kier alpha value is -1.83. The summed E-state index contributed by atoms with van der Waals surface area (Å²) in [4.78, 5) is 10.8. The molecule has 0 saturated heterocycles. The molecule has 0 radical (unpaired) electrons. The summed E-state index contributed by atoms with van der Waals surface area (Å²) in [7, 11) is 0. The molecule has 0 aromatic heterocycles. The van der Waals surface area contributed by atoms with E-state index in [2.05, 4.69) is 24.3 Å². The minimum absolute atomic E-state index is 0.180. The lowest BCUT2D eigenvalue weighted by molar-refractivity contribution is -0.106. The molecule has 0 amide bonds. The molecule has 2 aromatic rings. The van der Waals surface area contributed by atoms with Gasteiger partial charge in [-0.1, -0.05) is 71.6 Å². The van der Waals surface area contributed by atoms with Gasteiger partial charge in [0.1, 0.15) is 6.29 Å². The summed E-state index contributed by atoms with van der Waals surface area (Å²) >= 11 is 0. The molecule has 0 aliphatic rings. The summed E-state index contributed by atoms with van der Waals surface area (Å²) in [5.74, 6) is 0. The second-order valence-electron chi connectivity index (χ2n) is 3.78. The van der Waals surface area contributed by atoms with Gasteiger partial charge in [0.15, 0.2) is 0 Å². The minimum Gasteiger partial charge on any atom is -0.304 e. The van der Waals surface area contributed by atoms with Gasteiger partial charge in [-0.15, -0.1) is 0 Å². The van der Waals surface area contributed by atoms with Crippen LogP contribution in [0.4, 0.5) is 0 Å². The van der Waals surface area contributed by atoms with Crippen LogP contribution in [0.1, 0.15) is 0 Å². The number of benzene rings is 2. The van der Waals surface area contributed by atoms with E-state index in [9.17, 15) is 4.79 Å². The summed E-state index contributed by atoms with van der Waals surface area (Å²) in [6, 6.07) is 20.3. The maximum atomic E-state index is 10.8. The van der Waals surface area contributed by atoms with Crippen molar-refractivity contribution in [2.45, 2.75) is 6.32 Å². The second kappa shape index (κ2) is 5.31. The molecule has 0 aliphatic carbocycles. The molecule has 0 spiro atoms. The maximum absolute atomic E-state index is 10.8. The van der Waals surface area contributed by atoms with E-state index in [0.29, 0.717) is 6.32 Å². The SMILES string of the molecule is O=CCB(c1ccccc1)c1ccccc1. The molecule has 0 atom stereocenters. The molecule has 0 saturated carbocycles. The van der Waals surface area contributed by atoms with Gasteiger partial charge < -0.3 is 4.79 Å². The number of hydrogen-bond acceptors (Lipinski definition) is 1. The Balaban J connectivity index is 2.35. The lowest BCUT2D eigenvalue weighted by Gasteiger charge is -2.11.